The Labute approximate surface area is 136 Å². The summed E-state index contributed by atoms with van der Waals surface area (Å²) in [5.41, 5.74) is 3.40. The lowest BCUT2D eigenvalue weighted by Gasteiger charge is -2.16. The van der Waals surface area contributed by atoms with Crippen molar-refractivity contribution in [1.29, 1.82) is 0 Å². The van der Waals surface area contributed by atoms with E-state index in [0.717, 1.165) is 48.7 Å². The summed E-state index contributed by atoms with van der Waals surface area (Å²) in [6.45, 7) is 4.80. The molecule has 1 aromatic carbocycles. The molecule has 0 radical (unpaired) electrons. The van der Waals surface area contributed by atoms with Crippen molar-refractivity contribution < 1.29 is 4.84 Å². The van der Waals surface area contributed by atoms with Crippen molar-refractivity contribution in [3.8, 4) is 0 Å². The molecular weight excluding hydrogens is 288 g/mol. The number of oxime groups is 1. The van der Waals surface area contributed by atoms with E-state index < -0.39 is 0 Å². The van der Waals surface area contributed by atoms with Crippen LogP contribution in [-0.2, 0) is 17.8 Å². The molecule has 0 aliphatic carbocycles. The van der Waals surface area contributed by atoms with Gasteiger partial charge in [0.15, 0.2) is 0 Å². The third-order valence-electron chi connectivity index (χ3n) is 4.53. The Bertz CT molecular complexity index is 699. The van der Waals surface area contributed by atoms with Crippen LogP contribution in [0.5, 0.6) is 0 Å². The predicted molar refractivity (Wildman–Crippen MR) is 88.0 cm³/mol. The third-order valence-corrected chi connectivity index (χ3v) is 4.53. The van der Waals surface area contributed by atoms with Crippen molar-refractivity contribution in [3.63, 3.8) is 0 Å². The number of hydrogen-bond acceptors (Lipinski definition) is 5. The number of aromatic nitrogens is 2. The summed E-state index contributed by atoms with van der Waals surface area (Å²) < 4.78 is 0. The van der Waals surface area contributed by atoms with Crippen molar-refractivity contribution >= 4 is 5.71 Å². The Morgan fingerprint density at radius 2 is 1.91 bits per heavy atom. The number of benzene rings is 1. The zero-order valence-electron chi connectivity index (χ0n) is 13.2. The van der Waals surface area contributed by atoms with Crippen LogP contribution in [0.1, 0.15) is 23.9 Å². The van der Waals surface area contributed by atoms with Gasteiger partial charge in [0.2, 0.25) is 0 Å². The smallest absolute Gasteiger partial charge is 0.149 e. The first-order valence-corrected chi connectivity index (χ1v) is 8.14. The van der Waals surface area contributed by atoms with Gasteiger partial charge in [0, 0.05) is 44.0 Å². The number of nitrogens with zero attached hydrogens (tertiary/aromatic N) is 4. The highest BCUT2D eigenvalue weighted by atomic mass is 16.6. The van der Waals surface area contributed by atoms with Crippen LogP contribution in [0.15, 0.2) is 47.9 Å². The fourth-order valence-corrected chi connectivity index (χ4v) is 3.32. The van der Waals surface area contributed by atoms with Gasteiger partial charge < -0.3 is 4.84 Å². The monoisotopic (exact) mass is 308 g/mol. The van der Waals surface area contributed by atoms with E-state index in [9.17, 15) is 0 Å². The lowest BCUT2D eigenvalue weighted by Crippen LogP contribution is -2.23. The molecule has 2 aliphatic heterocycles. The molecule has 2 aromatic rings. The molecule has 5 nitrogen and oxygen atoms in total. The number of likely N-dealkylation sites (tertiary alicyclic amines) is 1. The minimum atomic E-state index is 0.168. The maximum atomic E-state index is 5.66. The van der Waals surface area contributed by atoms with Gasteiger partial charge in [-0.2, -0.15) is 0 Å². The van der Waals surface area contributed by atoms with Gasteiger partial charge in [0.1, 0.15) is 11.9 Å². The number of rotatable bonds is 4. The molecule has 5 heteroatoms. The van der Waals surface area contributed by atoms with Crippen LogP contribution in [0.2, 0.25) is 0 Å². The summed E-state index contributed by atoms with van der Waals surface area (Å²) in [6.07, 6.45) is 4.92. The average molecular weight is 308 g/mol. The van der Waals surface area contributed by atoms with Gasteiger partial charge in [-0.15, -0.1) is 0 Å². The molecule has 1 fully saturated rings. The van der Waals surface area contributed by atoms with Crippen LogP contribution in [-0.4, -0.2) is 39.8 Å². The van der Waals surface area contributed by atoms with E-state index in [4.69, 9.17) is 4.84 Å². The van der Waals surface area contributed by atoms with E-state index in [1.807, 2.05) is 30.6 Å². The molecule has 0 bridgehead atoms. The van der Waals surface area contributed by atoms with E-state index in [-0.39, 0.29) is 6.10 Å². The topological polar surface area (TPSA) is 50.6 Å². The second-order valence-electron chi connectivity index (χ2n) is 6.15. The summed E-state index contributed by atoms with van der Waals surface area (Å²) >= 11 is 0. The summed E-state index contributed by atoms with van der Waals surface area (Å²) in [4.78, 5) is 16.8. The maximum absolute atomic E-state index is 5.66. The Balaban J connectivity index is 1.44. The zero-order chi connectivity index (χ0) is 15.6. The molecule has 1 aromatic heterocycles. The molecule has 0 unspecified atom stereocenters. The standard InChI is InChI=1S/C18H20N4O/c1-2-17-19-8-13(9-20-17)10-22-11-15-16(12-22)23-21-18(15)14-6-4-3-5-7-14/h3-9,15-16H,2,10-12H2,1H3/t15-,16+/m0/s1. The van der Waals surface area contributed by atoms with Crippen molar-refractivity contribution in [2.24, 2.45) is 11.1 Å². The summed E-state index contributed by atoms with van der Waals surface area (Å²) in [5, 5.41) is 4.32. The summed E-state index contributed by atoms with van der Waals surface area (Å²) in [5.74, 6) is 1.25. The fourth-order valence-electron chi connectivity index (χ4n) is 3.32. The van der Waals surface area contributed by atoms with Crippen molar-refractivity contribution in [2.45, 2.75) is 26.0 Å². The Hall–Kier alpha value is -2.27. The minimum Gasteiger partial charge on any atom is -0.390 e. The first-order chi connectivity index (χ1) is 11.3. The van der Waals surface area contributed by atoms with Gasteiger partial charge in [-0.05, 0) is 5.56 Å². The third kappa shape index (κ3) is 2.84. The summed E-state index contributed by atoms with van der Waals surface area (Å²) in [6, 6.07) is 10.3. The van der Waals surface area contributed by atoms with Gasteiger partial charge >= 0.3 is 0 Å². The maximum Gasteiger partial charge on any atom is 0.149 e. The zero-order valence-corrected chi connectivity index (χ0v) is 13.2. The molecule has 1 saturated heterocycles. The molecule has 23 heavy (non-hydrogen) atoms. The van der Waals surface area contributed by atoms with Crippen LogP contribution in [0.4, 0.5) is 0 Å². The molecule has 3 heterocycles. The first-order valence-electron chi connectivity index (χ1n) is 8.14. The molecule has 4 rings (SSSR count). The molecule has 0 spiro atoms. The van der Waals surface area contributed by atoms with Gasteiger partial charge in [0.05, 0.1) is 11.6 Å². The van der Waals surface area contributed by atoms with Crippen molar-refractivity contribution in [2.75, 3.05) is 13.1 Å². The number of aryl methyl sites for hydroxylation is 1. The normalized spacial score (nSPS) is 23.4. The van der Waals surface area contributed by atoms with Crippen LogP contribution in [0.3, 0.4) is 0 Å². The second-order valence-corrected chi connectivity index (χ2v) is 6.15. The molecule has 0 saturated carbocycles. The number of fused-ring (bicyclic) bond motifs is 1. The Morgan fingerprint density at radius 1 is 1.13 bits per heavy atom. The molecule has 0 amide bonds. The quantitative estimate of drug-likeness (QED) is 0.869. The SMILES string of the molecule is CCc1ncc(CN2C[C@@H]3C(c4ccccc4)=NO[C@@H]3C2)cn1. The molecular formula is C18H20N4O. The van der Waals surface area contributed by atoms with Crippen LogP contribution < -0.4 is 0 Å². The number of hydrogen-bond donors (Lipinski definition) is 0. The highest BCUT2D eigenvalue weighted by Crippen LogP contribution is 2.30. The highest BCUT2D eigenvalue weighted by molar-refractivity contribution is 6.03. The van der Waals surface area contributed by atoms with Gasteiger partial charge in [-0.25, -0.2) is 9.97 Å². The van der Waals surface area contributed by atoms with Gasteiger partial charge in [0.25, 0.3) is 0 Å². The van der Waals surface area contributed by atoms with E-state index in [2.05, 4.69) is 39.1 Å². The second kappa shape index (κ2) is 6.08. The van der Waals surface area contributed by atoms with E-state index in [1.165, 1.54) is 0 Å². The molecule has 0 N–H and O–H groups in total. The van der Waals surface area contributed by atoms with Crippen molar-refractivity contribution in [3.05, 3.63) is 59.7 Å². The van der Waals surface area contributed by atoms with Gasteiger partial charge in [-0.3, -0.25) is 4.90 Å². The van der Waals surface area contributed by atoms with Crippen LogP contribution >= 0.6 is 0 Å². The largest absolute Gasteiger partial charge is 0.390 e. The Morgan fingerprint density at radius 3 is 2.65 bits per heavy atom. The molecule has 2 aliphatic rings. The summed E-state index contributed by atoms with van der Waals surface area (Å²) in [7, 11) is 0. The lowest BCUT2D eigenvalue weighted by atomic mass is 9.95. The van der Waals surface area contributed by atoms with Crippen molar-refractivity contribution in [1.82, 2.24) is 14.9 Å². The van der Waals surface area contributed by atoms with Gasteiger partial charge in [-0.1, -0.05) is 42.4 Å². The van der Waals surface area contributed by atoms with Crippen LogP contribution in [0, 0.1) is 5.92 Å². The predicted octanol–water partition coefficient (Wildman–Crippen LogP) is 2.27. The minimum absolute atomic E-state index is 0.168. The molecule has 118 valence electrons. The molecule has 2 atom stereocenters. The lowest BCUT2D eigenvalue weighted by molar-refractivity contribution is 0.0745. The van der Waals surface area contributed by atoms with E-state index >= 15 is 0 Å². The van der Waals surface area contributed by atoms with Crippen LogP contribution in [0.25, 0.3) is 0 Å². The fraction of sp³-hybridized carbons (Fsp3) is 0.389. The Kier molecular flexibility index (Phi) is 3.79. The highest BCUT2D eigenvalue weighted by Gasteiger charge is 2.42. The first kappa shape index (κ1) is 14.3. The average Bonchev–Trinajstić information content (AvgIpc) is 3.16. The van der Waals surface area contributed by atoms with E-state index in [0.29, 0.717) is 5.92 Å². The van der Waals surface area contributed by atoms with E-state index in [1.54, 1.807) is 0 Å².